The molecular weight excluding hydrogens is 344 g/mol. The van der Waals surface area contributed by atoms with E-state index in [4.69, 9.17) is 9.47 Å². The fourth-order valence-corrected chi connectivity index (χ4v) is 3.74. The highest BCUT2D eigenvalue weighted by Gasteiger charge is 2.56. The van der Waals surface area contributed by atoms with Crippen molar-refractivity contribution in [3.05, 3.63) is 48.6 Å². The van der Waals surface area contributed by atoms with Crippen molar-refractivity contribution in [1.29, 1.82) is 0 Å². The lowest BCUT2D eigenvalue weighted by Gasteiger charge is -2.29. The number of carbonyl (C=O) groups is 2. The van der Waals surface area contributed by atoms with Crippen molar-refractivity contribution in [1.82, 2.24) is 10.2 Å². The summed E-state index contributed by atoms with van der Waals surface area (Å²) in [5.74, 6) is -0.994. The van der Waals surface area contributed by atoms with Gasteiger partial charge in [0.25, 0.3) is 0 Å². The van der Waals surface area contributed by atoms with E-state index in [2.05, 4.69) is 11.9 Å². The summed E-state index contributed by atoms with van der Waals surface area (Å²) >= 11 is 0. The van der Waals surface area contributed by atoms with Crippen molar-refractivity contribution in [3.63, 3.8) is 0 Å². The first-order valence-electron chi connectivity index (χ1n) is 9.49. The molecule has 2 fully saturated rings. The van der Waals surface area contributed by atoms with Crippen LogP contribution in [0.1, 0.15) is 38.7 Å². The second-order valence-electron chi connectivity index (χ2n) is 7.51. The van der Waals surface area contributed by atoms with Crippen molar-refractivity contribution in [2.45, 2.75) is 63.7 Å². The first kappa shape index (κ1) is 19.6. The fraction of sp³-hybridized carbons (Fsp3) is 0.524. The Hall–Kier alpha value is -2.18. The maximum Gasteiger partial charge on any atom is 0.245 e. The van der Waals surface area contributed by atoms with Crippen molar-refractivity contribution in [3.8, 4) is 0 Å². The molecule has 0 saturated carbocycles. The molecule has 1 aromatic carbocycles. The zero-order chi connectivity index (χ0) is 19.4. The molecule has 3 rings (SSSR count). The topological polar surface area (TPSA) is 67.9 Å². The van der Waals surface area contributed by atoms with Crippen LogP contribution in [0.3, 0.4) is 0 Å². The summed E-state index contributed by atoms with van der Waals surface area (Å²) in [6.45, 7) is 8.14. The maximum absolute atomic E-state index is 13.0. The molecule has 27 heavy (non-hydrogen) atoms. The van der Waals surface area contributed by atoms with E-state index in [0.29, 0.717) is 19.5 Å². The Kier molecular flexibility index (Phi) is 5.97. The van der Waals surface area contributed by atoms with Gasteiger partial charge in [-0.15, -0.1) is 6.58 Å². The number of likely N-dealkylation sites (tertiary alicyclic amines) is 1. The number of hydrogen-bond donors (Lipinski definition) is 1. The molecule has 3 atom stereocenters. The minimum atomic E-state index is -0.745. The van der Waals surface area contributed by atoms with E-state index < -0.39 is 17.9 Å². The average molecular weight is 372 g/mol. The number of unbranched alkanes of at least 4 members (excludes halogenated alkanes) is 1. The van der Waals surface area contributed by atoms with Crippen LogP contribution in [0.15, 0.2) is 43.0 Å². The number of amides is 2. The van der Waals surface area contributed by atoms with Gasteiger partial charge < -0.3 is 19.7 Å². The van der Waals surface area contributed by atoms with Crippen molar-refractivity contribution < 1.29 is 19.1 Å². The summed E-state index contributed by atoms with van der Waals surface area (Å²) in [6, 6.07) is 9.03. The van der Waals surface area contributed by atoms with Crippen LogP contribution in [0.4, 0.5) is 0 Å². The van der Waals surface area contributed by atoms with Gasteiger partial charge in [0.15, 0.2) is 5.79 Å². The van der Waals surface area contributed by atoms with Crippen LogP contribution in [0.2, 0.25) is 0 Å². The second kappa shape index (κ2) is 8.23. The summed E-state index contributed by atoms with van der Waals surface area (Å²) < 4.78 is 11.9. The van der Waals surface area contributed by atoms with E-state index in [9.17, 15) is 9.59 Å². The Morgan fingerprint density at radius 2 is 2.04 bits per heavy atom. The molecule has 2 saturated heterocycles. The van der Waals surface area contributed by atoms with E-state index >= 15 is 0 Å². The van der Waals surface area contributed by atoms with Gasteiger partial charge in [-0.2, -0.15) is 0 Å². The summed E-state index contributed by atoms with van der Waals surface area (Å²) in [7, 11) is 0. The minimum Gasteiger partial charge on any atom is -0.350 e. The Morgan fingerprint density at radius 3 is 2.74 bits per heavy atom. The van der Waals surface area contributed by atoms with Gasteiger partial charge >= 0.3 is 0 Å². The highest BCUT2D eigenvalue weighted by atomic mass is 16.8. The molecule has 2 heterocycles. The largest absolute Gasteiger partial charge is 0.350 e. The molecule has 2 aliphatic rings. The lowest BCUT2D eigenvalue weighted by molar-refractivity contribution is -0.170. The number of benzene rings is 1. The zero-order valence-corrected chi connectivity index (χ0v) is 16.0. The first-order chi connectivity index (χ1) is 12.9. The number of nitrogens with one attached hydrogen (secondary N) is 1. The van der Waals surface area contributed by atoms with Crippen LogP contribution in [-0.2, 0) is 25.6 Å². The van der Waals surface area contributed by atoms with Gasteiger partial charge in [-0.05, 0) is 32.3 Å². The monoisotopic (exact) mass is 372 g/mol. The van der Waals surface area contributed by atoms with Crippen LogP contribution in [0, 0.1) is 0 Å². The Balaban J connectivity index is 1.70. The molecule has 6 heteroatoms. The Morgan fingerprint density at radius 1 is 1.30 bits per heavy atom. The van der Waals surface area contributed by atoms with E-state index in [1.54, 1.807) is 11.0 Å². The third-order valence-corrected chi connectivity index (χ3v) is 4.94. The summed E-state index contributed by atoms with van der Waals surface area (Å²) in [5.41, 5.74) is 1.01. The van der Waals surface area contributed by atoms with Crippen molar-refractivity contribution in [2.75, 3.05) is 6.54 Å². The maximum atomic E-state index is 13.0. The van der Waals surface area contributed by atoms with Crippen molar-refractivity contribution >= 4 is 11.8 Å². The molecule has 0 radical (unpaired) electrons. The van der Waals surface area contributed by atoms with Crippen LogP contribution in [0.25, 0.3) is 0 Å². The van der Waals surface area contributed by atoms with Gasteiger partial charge in [0.2, 0.25) is 11.8 Å². The number of hydrogen-bond acceptors (Lipinski definition) is 4. The first-order valence-corrected chi connectivity index (χ1v) is 9.49. The normalized spacial score (nSPS) is 25.9. The predicted octanol–water partition coefficient (Wildman–Crippen LogP) is 2.39. The lowest BCUT2D eigenvalue weighted by Crippen LogP contribution is -2.51. The van der Waals surface area contributed by atoms with Gasteiger partial charge in [0, 0.05) is 13.0 Å². The molecule has 2 amide bonds. The highest BCUT2D eigenvalue weighted by Crippen LogP contribution is 2.37. The number of ether oxygens (including phenoxy) is 2. The molecule has 0 bridgehead atoms. The summed E-state index contributed by atoms with van der Waals surface area (Å²) in [4.78, 5) is 27.3. The van der Waals surface area contributed by atoms with E-state index in [0.717, 1.165) is 18.4 Å². The predicted molar refractivity (Wildman–Crippen MR) is 102 cm³/mol. The molecule has 1 N–H and O–H groups in total. The third kappa shape index (κ3) is 4.57. The third-order valence-electron chi connectivity index (χ3n) is 4.94. The van der Waals surface area contributed by atoms with Gasteiger partial charge in [0.1, 0.15) is 18.2 Å². The number of rotatable bonds is 7. The molecule has 0 aromatic heterocycles. The van der Waals surface area contributed by atoms with Gasteiger partial charge in [-0.25, -0.2) is 0 Å². The quantitative estimate of drug-likeness (QED) is 0.589. The van der Waals surface area contributed by atoms with Crippen molar-refractivity contribution in [2.24, 2.45) is 0 Å². The molecule has 6 nitrogen and oxygen atoms in total. The van der Waals surface area contributed by atoms with Gasteiger partial charge in [-0.3, -0.25) is 9.59 Å². The van der Waals surface area contributed by atoms with E-state index in [1.165, 1.54) is 0 Å². The molecular formula is C21H28N2O4. The van der Waals surface area contributed by atoms with Gasteiger partial charge in [0.05, 0.1) is 6.54 Å². The zero-order valence-electron chi connectivity index (χ0n) is 16.0. The number of fused-ring (bicyclic) bond motifs is 1. The second-order valence-corrected chi connectivity index (χ2v) is 7.51. The van der Waals surface area contributed by atoms with E-state index in [1.807, 2.05) is 44.2 Å². The molecule has 1 aromatic rings. The SMILES string of the molecule is C=CCCCC(=O)N1C[C@@H]2OC(C)(C)O[C@@H]2[C@H]1C(=O)NCc1ccccc1. The van der Waals surface area contributed by atoms with Crippen LogP contribution >= 0.6 is 0 Å². The molecule has 0 aliphatic carbocycles. The molecule has 146 valence electrons. The Labute approximate surface area is 160 Å². The molecule has 2 aliphatic heterocycles. The lowest BCUT2D eigenvalue weighted by atomic mass is 10.1. The standard InChI is InChI=1S/C21H28N2O4/c1-4-5-7-12-17(24)23-14-16-19(27-21(2,3)26-16)18(23)20(25)22-13-15-10-8-6-9-11-15/h4,6,8-11,16,18-19H,1,5,7,12-14H2,2-3H3,(H,22,25)/t16-,18-,19-/m0/s1. The number of carbonyl (C=O) groups excluding carboxylic acids is 2. The average Bonchev–Trinajstić information content (AvgIpc) is 3.12. The van der Waals surface area contributed by atoms with Crippen LogP contribution in [0.5, 0.6) is 0 Å². The highest BCUT2D eigenvalue weighted by molar-refractivity contribution is 5.89. The van der Waals surface area contributed by atoms with E-state index in [-0.39, 0.29) is 17.9 Å². The van der Waals surface area contributed by atoms with Gasteiger partial charge in [-0.1, -0.05) is 36.4 Å². The van der Waals surface area contributed by atoms with Crippen LogP contribution < -0.4 is 5.32 Å². The number of nitrogens with zero attached hydrogens (tertiary/aromatic N) is 1. The summed E-state index contributed by atoms with van der Waals surface area (Å²) in [5, 5.41) is 2.95. The number of allylic oxidation sites excluding steroid dienone is 1. The molecule has 0 unspecified atom stereocenters. The smallest absolute Gasteiger partial charge is 0.245 e. The van der Waals surface area contributed by atoms with Crippen LogP contribution in [-0.4, -0.2) is 47.3 Å². The summed E-state index contributed by atoms with van der Waals surface area (Å²) in [6.07, 6.45) is 2.95. The minimum absolute atomic E-state index is 0.0453. The fourth-order valence-electron chi connectivity index (χ4n) is 3.74. The Bertz CT molecular complexity index is 689. The molecule has 0 spiro atoms.